The minimum atomic E-state index is -0.270. The molecule has 120 valence electrons. The molecule has 3 nitrogen and oxygen atoms in total. The Bertz CT molecular complexity index is 1050. The Labute approximate surface area is 144 Å². The van der Waals surface area contributed by atoms with Crippen molar-refractivity contribution in [2.45, 2.75) is 6.92 Å². The molecule has 0 aliphatic heterocycles. The molecule has 0 fully saturated rings. The number of carbonyl (C=O) groups is 3. The molecule has 0 atom stereocenters. The van der Waals surface area contributed by atoms with E-state index in [2.05, 4.69) is 0 Å². The highest BCUT2D eigenvalue weighted by atomic mass is 16.1. The molecule has 25 heavy (non-hydrogen) atoms. The Morgan fingerprint density at radius 2 is 1.28 bits per heavy atom. The molecule has 0 aromatic heterocycles. The molecule has 0 bridgehead atoms. The van der Waals surface area contributed by atoms with Gasteiger partial charge in [0.25, 0.3) is 0 Å². The summed E-state index contributed by atoms with van der Waals surface area (Å²) in [6, 6.07) is 18.9. The van der Waals surface area contributed by atoms with Crippen LogP contribution in [0, 0.1) is 6.92 Å². The Kier molecular flexibility index (Phi) is 3.43. The highest BCUT2D eigenvalue weighted by Crippen LogP contribution is 2.32. The molecule has 0 saturated heterocycles. The van der Waals surface area contributed by atoms with Crippen molar-refractivity contribution < 1.29 is 14.4 Å². The fourth-order valence-corrected chi connectivity index (χ4v) is 3.32. The van der Waals surface area contributed by atoms with E-state index in [-0.39, 0.29) is 22.9 Å². The predicted molar refractivity (Wildman–Crippen MR) is 94.4 cm³/mol. The smallest absolute Gasteiger partial charge is 0.195 e. The van der Waals surface area contributed by atoms with Crippen molar-refractivity contribution in [3.8, 4) is 0 Å². The Morgan fingerprint density at radius 1 is 0.680 bits per heavy atom. The molecule has 3 aromatic carbocycles. The van der Waals surface area contributed by atoms with Crippen molar-refractivity contribution in [1.29, 1.82) is 0 Å². The van der Waals surface area contributed by atoms with Crippen molar-refractivity contribution in [3.63, 3.8) is 0 Å². The van der Waals surface area contributed by atoms with Crippen LogP contribution in [0.2, 0.25) is 0 Å². The van der Waals surface area contributed by atoms with E-state index in [0.29, 0.717) is 33.4 Å². The number of hydrogen-bond acceptors (Lipinski definition) is 3. The van der Waals surface area contributed by atoms with E-state index in [1.165, 1.54) is 0 Å². The van der Waals surface area contributed by atoms with Crippen LogP contribution in [0.3, 0.4) is 0 Å². The van der Waals surface area contributed by atoms with E-state index >= 15 is 0 Å². The van der Waals surface area contributed by atoms with E-state index in [9.17, 15) is 14.4 Å². The van der Waals surface area contributed by atoms with Crippen molar-refractivity contribution in [3.05, 3.63) is 106 Å². The van der Waals surface area contributed by atoms with Crippen LogP contribution in [-0.2, 0) is 0 Å². The number of fused-ring (bicyclic) bond motifs is 2. The van der Waals surface area contributed by atoms with E-state index in [1.807, 2.05) is 6.07 Å². The molecular formula is C22H14O3. The SMILES string of the molecule is Cc1ccc2c(c1C(=O)c1ccccc1)C(=O)c1ccccc1C2=O. The van der Waals surface area contributed by atoms with E-state index in [1.54, 1.807) is 67.6 Å². The van der Waals surface area contributed by atoms with Crippen LogP contribution in [0.15, 0.2) is 66.7 Å². The van der Waals surface area contributed by atoms with Gasteiger partial charge in [-0.3, -0.25) is 14.4 Å². The van der Waals surface area contributed by atoms with Crippen molar-refractivity contribution >= 4 is 17.3 Å². The van der Waals surface area contributed by atoms with Gasteiger partial charge in [-0.05, 0) is 18.6 Å². The van der Waals surface area contributed by atoms with Gasteiger partial charge in [-0.1, -0.05) is 60.7 Å². The average Bonchev–Trinajstić information content (AvgIpc) is 2.66. The summed E-state index contributed by atoms with van der Waals surface area (Å²) in [5.74, 6) is -0.726. The van der Waals surface area contributed by atoms with Gasteiger partial charge in [0.05, 0.1) is 0 Å². The van der Waals surface area contributed by atoms with Gasteiger partial charge in [0.2, 0.25) is 0 Å². The summed E-state index contributed by atoms with van der Waals surface area (Å²) < 4.78 is 0. The third-order valence-electron chi connectivity index (χ3n) is 4.56. The lowest BCUT2D eigenvalue weighted by Crippen LogP contribution is -2.24. The zero-order chi connectivity index (χ0) is 17.6. The van der Waals surface area contributed by atoms with E-state index in [4.69, 9.17) is 0 Å². The van der Waals surface area contributed by atoms with Crippen molar-refractivity contribution in [2.75, 3.05) is 0 Å². The maximum atomic E-state index is 13.1. The van der Waals surface area contributed by atoms with Crippen LogP contribution in [0.25, 0.3) is 0 Å². The third kappa shape index (κ3) is 2.24. The summed E-state index contributed by atoms with van der Waals surface area (Å²) in [5, 5.41) is 0. The van der Waals surface area contributed by atoms with E-state index in [0.717, 1.165) is 0 Å². The number of rotatable bonds is 2. The number of aryl methyl sites for hydroxylation is 1. The molecule has 0 unspecified atom stereocenters. The lowest BCUT2D eigenvalue weighted by molar-refractivity contribution is 0.0971. The Balaban J connectivity index is 1.99. The second-order valence-corrected chi connectivity index (χ2v) is 6.08. The first-order valence-electron chi connectivity index (χ1n) is 8.01. The lowest BCUT2D eigenvalue weighted by Gasteiger charge is -2.21. The second kappa shape index (κ2) is 5.64. The van der Waals surface area contributed by atoms with Crippen molar-refractivity contribution in [1.82, 2.24) is 0 Å². The largest absolute Gasteiger partial charge is 0.289 e. The van der Waals surface area contributed by atoms with Crippen LogP contribution in [0.5, 0.6) is 0 Å². The quantitative estimate of drug-likeness (QED) is 0.523. The summed E-state index contributed by atoms with van der Waals surface area (Å²) >= 11 is 0. The topological polar surface area (TPSA) is 51.2 Å². The van der Waals surface area contributed by atoms with Crippen LogP contribution in [-0.4, -0.2) is 17.3 Å². The average molecular weight is 326 g/mol. The molecule has 0 spiro atoms. The molecule has 0 heterocycles. The van der Waals surface area contributed by atoms with Gasteiger partial charge >= 0.3 is 0 Å². The second-order valence-electron chi connectivity index (χ2n) is 6.08. The van der Waals surface area contributed by atoms with Crippen LogP contribution >= 0.6 is 0 Å². The van der Waals surface area contributed by atoms with Gasteiger partial charge in [-0.25, -0.2) is 0 Å². The zero-order valence-electron chi connectivity index (χ0n) is 13.6. The van der Waals surface area contributed by atoms with Crippen LogP contribution < -0.4 is 0 Å². The summed E-state index contributed by atoms with van der Waals surface area (Å²) in [6.45, 7) is 1.79. The molecule has 0 saturated carbocycles. The standard InChI is InChI=1S/C22H14O3/c1-13-11-12-17-19(18(13)20(23)14-7-3-2-4-8-14)22(25)16-10-6-5-9-15(16)21(17)24/h2-12H,1H3. The maximum Gasteiger partial charge on any atom is 0.195 e. The lowest BCUT2D eigenvalue weighted by atomic mass is 9.79. The summed E-state index contributed by atoms with van der Waals surface area (Å²) in [5.41, 5.74) is 2.77. The molecule has 0 radical (unpaired) electrons. The minimum Gasteiger partial charge on any atom is -0.289 e. The summed E-state index contributed by atoms with van der Waals surface area (Å²) in [7, 11) is 0. The van der Waals surface area contributed by atoms with Crippen LogP contribution in [0.4, 0.5) is 0 Å². The third-order valence-corrected chi connectivity index (χ3v) is 4.56. The molecule has 1 aliphatic rings. The van der Waals surface area contributed by atoms with Gasteiger partial charge < -0.3 is 0 Å². The molecule has 0 amide bonds. The molecular weight excluding hydrogens is 312 g/mol. The van der Waals surface area contributed by atoms with E-state index < -0.39 is 0 Å². The minimum absolute atomic E-state index is 0.215. The number of carbonyl (C=O) groups excluding carboxylic acids is 3. The Hall–Kier alpha value is -3.33. The number of ketones is 3. The normalized spacial score (nSPS) is 12.5. The zero-order valence-corrected chi connectivity index (χ0v) is 13.6. The fourth-order valence-electron chi connectivity index (χ4n) is 3.32. The first kappa shape index (κ1) is 15.2. The first-order chi connectivity index (χ1) is 12.1. The monoisotopic (exact) mass is 326 g/mol. The van der Waals surface area contributed by atoms with Crippen molar-refractivity contribution in [2.24, 2.45) is 0 Å². The number of hydrogen-bond donors (Lipinski definition) is 0. The predicted octanol–water partition coefficient (Wildman–Crippen LogP) is 4.00. The van der Waals surface area contributed by atoms with Gasteiger partial charge in [0.15, 0.2) is 17.3 Å². The molecule has 4 rings (SSSR count). The first-order valence-corrected chi connectivity index (χ1v) is 8.01. The highest BCUT2D eigenvalue weighted by molar-refractivity contribution is 6.32. The molecule has 3 aromatic rings. The fraction of sp³-hybridized carbons (Fsp3) is 0.0455. The molecule has 1 aliphatic carbocycles. The van der Waals surface area contributed by atoms with Gasteiger partial charge in [-0.2, -0.15) is 0 Å². The molecule has 0 N–H and O–H groups in total. The van der Waals surface area contributed by atoms with Gasteiger partial charge in [0.1, 0.15) is 0 Å². The summed E-state index contributed by atoms with van der Waals surface area (Å²) in [4.78, 5) is 38.9. The molecule has 3 heteroatoms. The van der Waals surface area contributed by atoms with Gasteiger partial charge in [0, 0.05) is 33.4 Å². The number of benzene rings is 3. The van der Waals surface area contributed by atoms with Gasteiger partial charge in [-0.15, -0.1) is 0 Å². The highest BCUT2D eigenvalue weighted by Gasteiger charge is 2.33. The summed E-state index contributed by atoms with van der Waals surface area (Å²) in [6.07, 6.45) is 0. The Morgan fingerprint density at radius 3 is 1.96 bits per heavy atom. The van der Waals surface area contributed by atoms with Crippen LogP contribution in [0.1, 0.15) is 53.3 Å². The maximum absolute atomic E-state index is 13.1.